The highest BCUT2D eigenvalue weighted by Crippen LogP contribution is 2.02. The van der Waals surface area contributed by atoms with Crippen LogP contribution >= 0.6 is 0 Å². The van der Waals surface area contributed by atoms with Crippen molar-refractivity contribution >= 4 is 0 Å². The first-order chi connectivity index (χ1) is 7.72. The summed E-state index contributed by atoms with van der Waals surface area (Å²) in [7, 11) is 0. The van der Waals surface area contributed by atoms with E-state index in [1.165, 1.54) is 12.1 Å². The molecule has 3 nitrogen and oxygen atoms in total. The molecule has 1 unspecified atom stereocenters. The molecule has 1 atom stereocenters. The van der Waals surface area contributed by atoms with Gasteiger partial charge in [0.05, 0.1) is 12.7 Å². The minimum Gasteiger partial charge on any atom is -0.389 e. The predicted octanol–water partition coefficient (Wildman–Crippen LogP) is 1.31. The fourth-order valence-electron chi connectivity index (χ4n) is 1.34. The number of ether oxygens (including phenoxy) is 1. The lowest BCUT2D eigenvalue weighted by Gasteiger charge is -2.11. The molecule has 0 heterocycles. The van der Waals surface area contributed by atoms with Gasteiger partial charge in [-0.15, -0.1) is 0 Å². The zero-order valence-corrected chi connectivity index (χ0v) is 9.45. The number of halogens is 1. The quantitative estimate of drug-likeness (QED) is 0.738. The second-order valence-corrected chi connectivity index (χ2v) is 3.57. The Labute approximate surface area is 95.2 Å². The van der Waals surface area contributed by atoms with E-state index in [9.17, 15) is 9.50 Å². The summed E-state index contributed by atoms with van der Waals surface area (Å²) in [5.41, 5.74) is 0.864. The highest BCUT2D eigenvalue weighted by Gasteiger charge is 2.03. The van der Waals surface area contributed by atoms with Gasteiger partial charge in [-0.05, 0) is 24.6 Å². The maximum atomic E-state index is 12.8. The van der Waals surface area contributed by atoms with Crippen LogP contribution in [-0.2, 0) is 11.3 Å². The SMILES string of the molecule is CCOCC(O)CNCc1cccc(F)c1. The normalized spacial score (nSPS) is 12.7. The molecule has 0 aliphatic heterocycles. The van der Waals surface area contributed by atoms with Gasteiger partial charge in [0.25, 0.3) is 0 Å². The molecule has 1 aromatic rings. The molecule has 90 valence electrons. The van der Waals surface area contributed by atoms with E-state index in [1.807, 2.05) is 13.0 Å². The lowest BCUT2D eigenvalue weighted by molar-refractivity contribution is 0.0427. The standard InChI is InChI=1S/C12H18FNO2/c1-2-16-9-12(15)8-14-7-10-4-3-5-11(13)6-10/h3-6,12,14-15H,2,7-9H2,1H3. The van der Waals surface area contributed by atoms with Crippen molar-refractivity contribution in [3.8, 4) is 0 Å². The molecule has 0 amide bonds. The third kappa shape index (κ3) is 5.21. The third-order valence-corrected chi connectivity index (χ3v) is 2.11. The Kier molecular flexibility index (Phi) is 6.00. The van der Waals surface area contributed by atoms with E-state index in [4.69, 9.17) is 4.74 Å². The van der Waals surface area contributed by atoms with Crippen molar-refractivity contribution in [3.05, 3.63) is 35.6 Å². The van der Waals surface area contributed by atoms with E-state index in [0.29, 0.717) is 26.3 Å². The molecule has 0 radical (unpaired) electrons. The summed E-state index contributed by atoms with van der Waals surface area (Å²) < 4.78 is 17.9. The molecule has 2 N–H and O–H groups in total. The molecule has 0 aliphatic rings. The Morgan fingerprint density at radius 1 is 1.50 bits per heavy atom. The lowest BCUT2D eigenvalue weighted by atomic mass is 10.2. The molecule has 1 rings (SSSR count). The summed E-state index contributed by atoms with van der Waals surface area (Å²) in [6.45, 7) is 3.79. The summed E-state index contributed by atoms with van der Waals surface area (Å²) in [6, 6.07) is 6.39. The largest absolute Gasteiger partial charge is 0.389 e. The number of aliphatic hydroxyl groups excluding tert-OH is 1. The van der Waals surface area contributed by atoms with E-state index >= 15 is 0 Å². The molecule has 16 heavy (non-hydrogen) atoms. The van der Waals surface area contributed by atoms with Gasteiger partial charge in [0.15, 0.2) is 0 Å². The Bertz CT molecular complexity index is 307. The highest BCUT2D eigenvalue weighted by atomic mass is 19.1. The molecule has 1 aromatic carbocycles. The van der Waals surface area contributed by atoms with Gasteiger partial charge in [0, 0.05) is 19.7 Å². The van der Waals surface area contributed by atoms with Crippen molar-refractivity contribution in [2.45, 2.75) is 19.6 Å². The molecule has 0 aromatic heterocycles. The monoisotopic (exact) mass is 227 g/mol. The zero-order chi connectivity index (χ0) is 11.8. The maximum absolute atomic E-state index is 12.8. The van der Waals surface area contributed by atoms with Crippen LogP contribution in [-0.4, -0.2) is 31.0 Å². The van der Waals surface area contributed by atoms with Gasteiger partial charge in [0.1, 0.15) is 5.82 Å². The maximum Gasteiger partial charge on any atom is 0.123 e. The Morgan fingerprint density at radius 3 is 3.00 bits per heavy atom. The molecule has 0 spiro atoms. The first kappa shape index (κ1) is 13.1. The Morgan fingerprint density at radius 2 is 2.31 bits per heavy atom. The fourth-order valence-corrected chi connectivity index (χ4v) is 1.34. The van der Waals surface area contributed by atoms with Crippen LogP contribution in [0.3, 0.4) is 0 Å². The molecular formula is C12H18FNO2. The van der Waals surface area contributed by atoms with Crippen molar-refractivity contribution in [1.82, 2.24) is 5.32 Å². The van der Waals surface area contributed by atoms with Crippen LogP contribution in [0.25, 0.3) is 0 Å². The number of rotatable bonds is 7. The molecule has 0 aliphatic carbocycles. The zero-order valence-electron chi connectivity index (χ0n) is 9.45. The minimum absolute atomic E-state index is 0.242. The van der Waals surface area contributed by atoms with Crippen molar-refractivity contribution in [3.63, 3.8) is 0 Å². The molecular weight excluding hydrogens is 209 g/mol. The van der Waals surface area contributed by atoms with Crippen molar-refractivity contribution in [2.24, 2.45) is 0 Å². The van der Waals surface area contributed by atoms with E-state index in [-0.39, 0.29) is 5.82 Å². The molecule has 4 heteroatoms. The second-order valence-electron chi connectivity index (χ2n) is 3.57. The summed E-state index contributed by atoms with van der Waals surface area (Å²) in [4.78, 5) is 0. The summed E-state index contributed by atoms with van der Waals surface area (Å²) >= 11 is 0. The first-order valence-corrected chi connectivity index (χ1v) is 5.43. The van der Waals surface area contributed by atoms with Gasteiger partial charge in [0.2, 0.25) is 0 Å². The van der Waals surface area contributed by atoms with Gasteiger partial charge in [-0.2, -0.15) is 0 Å². The van der Waals surface area contributed by atoms with Crippen LogP contribution in [0.1, 0.15) is 12.5 Å². The van der Waals surface area contributed by atoms with Crippen LogP contribution in [0.2, 0.25) is 0 Å². The molecule has 0 saturated carbocycles. The van der Waals surface area contributed by atoms with E-state index < -0.39 is 6.10 Å². The molecule has 0 saturated heterocycles. The van der Waals surface area contributed by atoms with E-state index in [1.54, 1.807) is 6.07 Å². The highest BCUT2D eigenvalue weighted by molar-refractivity contribution is 5.15. The van der Waals surface area contributed by atoms with Crippen LogP contribution < -0.4 is 5.32 Å². The Hall–Kier alpha value is -0.970. The van der Waals surface area contributed by atoms with Gasteiger partial charge in [-0.25, -0.2) is 4.39 Å². The van der Waals surface area contributed by atoms with Gasteiger partial charge in [-0.1, -0.05) is 12.1 Å². The summed E-state index contributed by atoms with van der Waals surface area (Å²) in [5.74, 6) is -0.242. The van der Waals surface area contributed by atoms with E-state index in [2.05, 4.69) is 5.32 Å². The number of hydrogen-bond acceptors (Lipinski definition) is 3. The number of nitrogens with one attached hydrogen (secondary N) is 1. The van der Waals surface area contributed by atoms with Crippen molar-refractivity contribution < 1.29 is 14.2 Å². The van der Waals surface area contributed by atoms with Crippen LogP contribution in [0.5, 0.6) is 0 Å². The third-order valence-electron chi connectivity index (χ3n) is 2.11. The van der Waals surface area contributed by atoms with Crippen LogP contribution in [0.4, 0.5) is 4.39 Å². The predicted molar refractivity (Wildman–Crippen MR) is 60.6 cm³/mol. The average Bonchev–Trinajstić information content (AvgIpc) is 2.26. The number of benzene rings is 1. The average molecular weight is 227 g/mol. The fraction of sp³-hybridized carbons (Fsp3) is 0.500. The van der Waals surface area contributed by atoms with Gasteiger partial charge >= 0.3 is 0 Å². The smallest absolute Gasteiger partial charge is 0.123 e. The van der Waals surface area contributed by atoms with Crippen LogP contribution in [0, 0.1) is 5.82 Å². The van der Waals surface area contributed by atoms with E-state index in [0.717, 1.165) is 5.56 Å². The van der Waals surface area contributed by atoms with Gasteiger partial charge < -0.3 is 15.2 Å². The number of hydrogen-bond donors (Lipinski definition) is 2. The Balaban J connectivity index is 2.20. The van der Waals surface area contributed by atoms with Crippen molar-refractivity contribution in [1.29, 1.82) is 0 Å². The van der Waals surface area contributed by atoms with Gasteiger partial charge in [-0.3, -0.25) is 0 Å². The molecule has 0 bridgehead atoms. The molecule has 0 fully saturated rings. The second kappa shape index (κ2) is 7.33. The van der Waals surface area contributed by atoms with Crippen LogP contribution in [0.15, 0.2) is 24.3 Å². The summed E-state index contributed by atoms with van der Waals surface area (Å²) in [5, 5.41) is 12.5. The van der Waals surface area contributed by atoms with Crippen molar-refractivity contribution in [2.75, 3.05) is 19.8 Å². The topological polar surface area (TPSA) is 41.5 Å². The number of aliphatic hydroxyl groups is 1. The first-order valence-electron chi connectivity index (χ1n) is 5.43. The minimum atomic E-state index is -0.520. The summed E-state index contributed by atoms with van der Waals surface area (Å²) in [6.07, 6.45) is -0.520. The lowest BCUT2D eigenvalue weighted by Crippen LogP contribution is -2.30.